The van der Waals surface area contributed by atoms with Gasteiger partial charge in [0.05, 0.1) is 18.4 Å². The first kappa shape index (κ1) is 16.6. The smallest absolute Gasteiger partial charge is 0.242 e. The Morgan fingerprint density at radius 2 is 2.14 bits per heavy atom. The molecule has 22 heavy (non-hydrogen) atoms. The lowest BCUT2D eigenvalue weighted by Gasteiger charge is -2.23. The molecule has 0 unspecified atom stereocenters. The van der Waals surface area contributed by atoms with Crippen molar-refractivity contribution in [2.75, 3.05) is 13.8 Å². The molecule has 1 atom stereocenters. The fourth-order valence-corrected chi connectivity index (χ4v) is 2.03. The van der Waals surface area contributed by atoms with Crippen LogP contribution in [0.5, 0.6) is 0 Å². The summed E-state index contributed by atoms with van der Waals surface area (Å²) in [7, 11) is 1.65. The topological polar surface area (TPSA) is 84.6 Å². The first-order valence-electron chi connectivity index (χ1n) is 7.39. The molecule has 0 spiro atoms. The van der Waals surface area contributed by atoms with Gasteiger partial charge in [0, 0.05) is 19.9 Å². The predicted molar refractivity (Wildman–Crippen MR) is 82.1 cm³/mol. The van der Waals surface area contributed by atoms with Gasteiger partial charge in [-0.1, -0.05) is 0 Å². The van der Waals surface area contributed by atoms with Gasteiger partial charge in [-0.05, 0) is 27.7 Å². The van der Waals surface area contributed by atoms with E-state index >= 15 is 0 Å². The molecule has 8 nitrogen and oxygen atoms in total. The highest BCUT2D eigenvalue weighted by atomic mass is 16.5. The standard InChI is InChI=1S/C14H24N6O2/c1-10(16-9-22-14(2,3)4)13-15-8-17-20(13)11-6-7-12(21)19(5)18-11/h8,10,16H,6-7,9H2,1-5H3/t10-/m0/s1. The molecule has 1 aliphatic heterocycles. The summed E-state index contributed by atoms with van der Waals surface area (Å²) in [5, 5.41) is 13.1. The molecular weight excluding hydrogens is 284 g/mol. The van der Waals surface area contributed by atoms with E-state index in [0.717, 1.165) is 11.7 Å². The highest BCUT2D eigenvalue weighted by Gasteiger charge is 2.23. The average Bonchev–Trinajstić information content (AvgIpc) is 2.89. The lowest BCUT2D eigenvalue weighted by atomic mass is 10.2. The van der Waals surface area contributed by atoms with E-state index in [4.69, 9.17) is 4.74 Å². The highest BCUT2D eigenvalue weighted by Crippen LogP contribution is 2.14. The summed E-state index contributed by atoms with van der Waals surface area (Å²) in [6.07, 6.45) is 2.49. The zero-order valence-electron chi connectivity index (χ0n) is 13.8. The van der Waals surface area contributed by atoms with Crippen molar-refractivity contribution in [3.05, 3.63) is 12.2 Å². The number of ether oxygens (including phenoxy) is 1. The Morgan fingerprint density at radius 1 is 1.41 bits per heavy atom. The Morgan fingerprint density at radius 3 is 2.77 bits per heavy atom. The molecule has 1 N–H and O–H groups in total. The molecule has 0 saturated carbocycles. The third-order valence-electron chi connectivity index (χ3n) is 3.29. The Kier molecular flexibility index (Phi) is 4.92. The van der Waals surface area contributed by atoms with Crippen LogP contribution in [0, 0.1) is 0 Å². The molecule has 8 heteroatoms. The van der Waals surface area contributed by atoms with Gasteiger partial charge in [-0.25, -0.2) is 14.7 Å². The van der Waals surface area contributed by atoms with E-state index < -0.39 is 0 Å². The van der Waals surface area contributed by atoms with Crippen LogP contribution in [0.1, 0.15) is 52.4 Å². The van der Waals surface area contributed by atoms with Gasteiger partial charge in [-0.3, -0.25) is 10.1 Å². The monoisotopic (exact) mass is 308 g/mol. The molecule has 0 fully saturated rings. The van der Waals surface area contributed by atoms with E-state index in [9.17, 15) is 4.79 Å². The molecular formula is C14H24N6O2. The predicted octanol–water partition coefficient (Wildman–Crippen LogP) is 1.12. The third-order valence-corrected chi connectivity index (χ3v) is 3.29. The first-order chi connectivity index (χ1) is 10.3. The minimum Gasteiger partial charge on any atom is -0.361 e. The summed E-state index contributed by atoms with van der Waals surface area (Å²) in [6.45, 7) is 8.43. The lowest BCUT2D eigenvalue weighted by Crippen LogP contribution is -2.34. The normalized spacial score (nSPS) is 17.6. The molecule has 1 amide bonds. The summed E-state index contributed by atoms with van der Waals surface area (Å²) in [5.41, 5.74) is -0.198. The quantitative estimate of drug-likeness (QED) is 0.842. The first-order valence-corrected chi connectivity index (χ1v) is 7.39. The van der Waals surface area contributed by atoms with Crippen LogP contribution < -0.4 is 5.32 Å². The SMILES string of the molecule is C[C@H](NCOC(C)(C)C)c1ncnn1C1=NN(C)C(=O)CC1. The number of nitrogens with one attached hydrogen (secondary N) is 1. The number of carbonyl (C=O) groups is 1. The van der Waals surface area contributed by atoms with Crippen LogP contribution in [0.4, 0.5) is 0 Å². The number of carbonyl (C=O) groups excluding carboxylic acids is 1. The molecule has 0 saturated heterocycles. The lowest BCUT2D eigenvalue weighted by molar-refractivity contribution is -0.130. The Balaban J connectivity index is 2.06. The van der Waals surface area contributed by atoms with Gasteiger partial charge >= 0.3 is 0 Å². The summed E-state index contributed by atoms with van der Waals surface area (Å²) in [4.78, 5) is 15.8. The second-order valence-electron chi connectivity index (χ2n) is 6.29. The minimum atomic E-state index is -0.198. The molecule has 0 aromatic carbocycles. The summed E-state index contributed by atoms with van der Waals surface area (Å²) >= 11 is 0. The molecule has 0 radical (unpaired) electrons. The summed E-state index contributed by atoms with van der Waals surface area (Å²) in [5.74, 6) is 1.48. The molecule has 0 bridgehead atoms. The van der Waals surface area contributed by atoms with Gasteiger partial charge in [0.1, 0.15) is 6.33 Å². The Labute approximate surface area is 130 Å². The van der Waals surface area contributed by atoms with Crippen LogP contribution in [-0.2, 0) is 9.53 Å². The van der Waals surface area contributed by atoms with E-state index in [2.05, 4.69) is 20.5 Å². The highest BCUT2D eigenvalue weighted by molar-refractivity contribution is 5.92. The van der Waals surface area contributed by atoms with Gasteiger partial charge in [-0.2, -0.15) is 10.2 Å². The molecule has 0 aliphatic carbocycles. The zero-order valence-corrected chi connectivity index (χ0v) is 13.8. The van der Waals surface area contributed by atoms with Crippen LogP contribution in [0.25, 0.3) is 0 Å². The Hall–Kier alpha value is -1.80. The number of amides is 1. The van der Waals surface area contributed by atoms with Gasteiger partial charge in [0.2, 0.25) is 5.91 Å². The van der Waals surface area contributed by atoms with Gasteiger partial charge < -0.3 is 4.74 Å². The van der Waals surface area contributed by atoms with E-state index in [1.165, 1.54) is 11.3 Å². The number of nitrogens with zero attached hydrogens (tertiary/aromatic N) is 5. The molecule has 1 aromatic rings. The maximum Gasteiger partial charge on any atom is 0.242 e. The van der Waals surface area contributed by atoms with Crippen molar-refractivity contribution in [3.8, 4) is 0 Å². The fraction of sp³-hybridized carbons (Fsp3) is 0.714. The number of hydrogen-bond acceptors (Lipinski definition) is 6. The van der Waals surface area contributed by atoms with Crippen LogP contribution >= 0.6 is 0 Å². The largest absolute Gasteiger partial charge is 0.361 e. The number of hydrazone groups is 1. The number of aromatic nitrogens is 3. The van der Waals surface area contributed by atoms with Crippen LogP contribution in [0.2, 0.25) is 0 Å². The van der Waals surface area contributed by atoms with Crippen molar-refractivity contribution in [1.29, 1.82) is 0 Å². The number of rotatable bonds is 4. The minimum absolute atomic E-state index is 0.00941. The molecule has 1 aromatic heterocycles. The van der Waals surface area contributed by atoms with Crippen molar-refractivity contribution >= 4 is 11.7 Å². The van der Waals surface area contributed by atoms with Crippen LogP contribution in [0.3, 0.4) is 0 Å². The molecule has 1 aliphatic rings. The van der Waals surface area contributed by atoms with Crippen LogP contribution in [-0.4, -0.2) is 50.9 Å². The Bertz CT molecular complexity index is 560. The molecule has 122 valence electrons. The van der Waals surface area contributed by atoms with Crippen molar-refractivity contribution in [2.45, 2.75) is 52.2 Å². The second-order valence-corrected chi connectivity index (χ2v) is 6.29. The summed E-state index contributed by atoms with van der Waals surface area (Å²) < 4.78 is 7.35. The molecule has 2 rings (SSSR count). The van der Waals surface area contributed by atoms with Crippen molar-refractivity contribution in [3.63, 3.8) is 0 Å². The second kappa shape index (κ2) is 6.53. The van der Waals surface area contributed by atoms with E-state index in [-0.39, 0.29) is 17.6 Å². The van der Waals surface area contributed by atoms with Crippen LogP contribution in [0.15, 0.2) is 11.4 Å². The van der Waals surface area contributed by atoms with E-state index in [0.29, 0.717) is 19.6 Å². The maximum atomic E-state index is 11.5. The van der Waals surface area contributed by atoms with E-state index in [1.807, 2.05) is 27.7 Å². The maximum absolute atomic E-state index is 11.5. The fourth-order valence-electron chi connectivity index (χ4n) is 2.03. The van der Waals surface area contributed by atoms with Gasteiger partial charge in [0.25, 0.3) is 0 Å². The van der Waals surface area contributed by atoms with Gasteiger partial charge in [0.15, 0.2) is 11.7 Å². The van der Waals surface area contributed by atoms with E-state index in [1.54, 1.807) is 11.7 Å². The van der Waals surface area contributed by atoms with Gasteiger partial charge in [-0.15, -0.1) is 0 Å². The van der Waals surface area contributed by atoms with Crippen molar-refractivity contribution in [2.24, 2.45) is 5.10 Å². The average molecular weight is 308 g/mol. The number of hydrogen-bond donors (Lipinski definition) is 1. The summed E-state index contributed by atoms with van der Waals surface area (Å²) in [6, 6.07) is -0.0458. The zero-order chi connectivity index (χ0) is 16.3. The molecule has 2 heterocycles. The van der Waals surface area contributed by atoms with Crippen molar-refractivity contribution < 1.29 is 9.53 Å². The van der Waals surface area contributed by atoms with Crippen molar-refractivity contribution in [1.82, 2.24) is 25.1 Å². The third kappa shape index (κ3) is 4.11.